The summed E-state index contributed by atoms with van der Waals surface area (Å²) in [6.45, 7) is 0. The monoisotopic (exact) mass is 287 g/mol. The van der Waals surface area contributed by atoms with Crippen molar-refractivity contribution in [2.75, 3.05) is 5.32 Å². The number of hydrogen-bond donors (Lipinski definition) is 1. The zero-order valence-electron chi connectivity index (χ0n) is 11.2. The van der Waals surface area contributed by atoms with Crippen LogP contribution in [0.1, 0.15) is 32.1 Å². The van der Waals surface area contributed by atoms with E-state index in [-0.39, 0.29) is 11.8 Å². The Bertz CT molecular complexity index is 576. The van der Waals surface area contributed by atoms with Gasteiger partial charge in [0.15, 0.2) is 0 Å². The zero-order chi connectivity index (χ0) is 13.8. The van der Waals surface area contributed by atoms with Crippen molar-refractivity contribution in [2.24, 2.45) is 5.92 Å². The van der Waals surface area contributed by atoms with E-state index in [1.807, 2.05) is 30.3 Å². The van der Waals surface area contributed by atoms with E-state index in [4.69, 9.17) is 0 Å². The van der Waals surface area contributed by atoms with Gasteiger partial charge in [0, 0.05) is 11.5 Å². The van der Waals surface area contributed by atoms with Crippen molar-refractivity contribution in [3.63, 3.8) is 0 Å². The molecular formula is C15H17N3OS. The lowest BCUT2D eigenvalue weighted by molar-refractivity contribution is -0.120. The first-order valence-electron chi connectivity index (χ1n) is 7.03. The van der Waals surface area contributed by atoms with Crippen LogP contribution in [0.5, 0.6) is 0 Å². The number of anilines is 1. The SMILES string of the molecule is O=C(Nc1nnc(-c2ccccc2)s1)C1CCCCC1. The van der Waals surface area contributed by atoms with Crippen LogP contribution in [0.15, 0.2) is 30.3 Å². The van der Waals surface area contributed by atoms with Crippen LogP contribution in [0.4, 0.5) is 5.13 Å². The fourth-order valence-electron chi connectivity index (χ4n) is 2.54. The molecule has 4 nitrogen and oxygen atoms in total. The number of nitrogens with zero attached hydrogens (tertiary/aromatic N) is 2. The number of carbonyl (C=O) groups excluding carboxylic acids is 1. The van der Waals surface area contributed by atoms with Gasteiger partial charge in [-0.15, -0.1) is 10.2 Å². The second kappa shape index (κ2) is 6.13. The standard InChI is InChI=1S/C15H17N3OS/c19-13(11-7-3-1-4-8-11)16-15-18-17-14(20-15)12-9-5-2-6-10-12/h2,5-6,9-11H,1,3-4,7-8H2,(H,16,18,19). The Hall–Kier alpha value is -1.75. The van der Waals surface area contributed by atoms with Gasteiger partial charge in [0.25, 0.3) is 0 Å². The number of amides is 1. The summed E-state index contributed by atoms with van der Waals surface area (Å²) in [6.07, 6.45) is 5.56. The van der Waals surface area contributed by atoms with Crippen molar-refractivity contribution in [3.8, 4) is 10.6 Å². The number of aromatic nitrogens is 2. The molecule has 1 aliphatic rings. The van der Waals surface area contributed by atoms with E-state index in [9.17, 15) is 4.79 Å². The third-order valence-electron chi connectivity index (χ3n) is 3.65. The lowest BCUT2D eigenvalue weighted by atomic mass is 9.89. The Labute approximate surface area is 122 Å². The second-order valence-electron chi connectivity index (χ2n) is 5.10. The van der Waals surface area contributed by atoms with Gasteiger partial charge in [0.2, 0.25) is 11.0 Å². The molecule has 1 aromatic heterocycles. The molecule has 0 atom stereocenters. The largest absolute Gasteiger partial charge is 0.300 e. The van der Waals surface area contributed by atoms with Crippen molar-refractivity contribution in [1.82, 2.24) is 10.2 Å². The van der Waals surface area contributed by atoms with Crippen molar-refractivity contribution >= 4 is 22.4 Å². The molecule has 3 rings (SSSR count). The average molecular weight is 287 g/mol. The molecule has 1 saturated carbocycles. The maximum absolute atomic E-state index is 12.1. The minimum absolute atomic E-state index is 0.0976. The predicted octanol–water partition coefficient (Wildman–Crippen LogP) is 3.72. The quantitative estimate of drug-likeness (QED) is 0.936. The van der Waals surface area contributed by atoms with Crippen LogP contribution in [0, 0.1) is 5.92 Å². The molecule has 0 unspecified atom stereocenters. The molecular weight excluding hydrogens is 270 g/mol. The van der Waals surface area contributed by atoms with E-state index in [1.54, 1.807) is 0 Å². The van der Waals surface area contributed by atoms with Gasteiger partial charge in [-0.3, -0.25) is 4.79 Å². The fraction of sp³-hybridized carbons (Fsp3) is 0.400. The topological polar surface area (TPSA) is 54.9 Å². The van der Waals surface area contributed by atoms with Crippen LogP contribution in [-0.4, -0.2) is 16.1 Å². The Morgan fingerprint density at radius 1 is 1.10 bits per heavy atom. The Morgan fingerprint density at radius 3 is 2.60 bits per heavy atom. The summed E-state index contributed by atoms with van der Waals surface area (Å²) < 4.78 is 0. The zero-order valence-corrected chi connectivity index (χ0v) is 12.0. The number of rotatable bonds is 3. The molecule has 20 heavy (non-hydrogen) atoms. The number of benzene rings is 1. The van der Waals surface area contributed by atoms with Crippen molar-refractivity contribution < 1.29 is 4.79 Å². The van der Waals surface area contributed by atoms with Gasteiger partial charge in [-0.25, -0.2) is 0 Å². The van der Waals surface area contributed by atoms with Crippen molar-refractivity contribution in [3.05, 3.63) is 30.3 Å². The van der Waals surface area contributed by atoms with Gasteiger partial charge < -0.3 is 5.32 Å². The van der Waals surface area contributed by atoms with Crippen LogP contribution in [0.2, 0.25) is 0 Å². The Morgan fingerprint density at radius 2 is 1.85 bits per heavy atom. The molecule has 2 aromatic rings. The molecule has 104 valence electrons. The molecule has 1 fully saturated rings. The third kappa shape index (κ3) is 3.04. The highest BCUT2D eigenvalue weighted by Crippen LogP contribution is 2.28. The molecule has 5 heteroatoms. The summed E-state index contributed by atoms with van der Waals surface area (Å²) in [5.74, 6) is 0.244. The van der Waals surface area contributed by atoms with E-state index < -0.39 is 0 Å². The van der Waals surface area contributed by atoms with Crippen molar-refractivity contribution in [1.29, 1.82) is 0 Å². The number of nitrogens with one attached hydrogen (secondary N) is 1. The van der Waals surface area contributed by atoms with Gasteiger partial charge in [-0.1, -0.05) is 60.9 Å². The van der Waals surface area contributed by atoms with Crippen molar-refractivity contribution in [2.45, 2.75) is 32.1 Å². The summed E-state index contributed by atoms with van der Waals surface area (Å²) in [5, 5.41) is 12.5. The molecule has 1 heterocycles. The van der Waals surface area contributed by atoms with E-state index in [1.165, 1.54) is 17.8 Å². The van der Waals surface area contributed by atoms with Crippen LogP contribution in [-0.2, 0) is 4.79 Å². The first-order valence-corrected chi connectivity index (χ1v) is 7.84. The first-order chi connectivity index (χ1) is 9.83. The van der Waals surface area contributed by atoms with E-state index >= 15 is 0 Å². The highest BCUT2D eigenvalue weighted by Gasteiger charge is 2.22. The predicted molar refractivity (Wildman–Crippen MR) is 80.5 cm³/mol. The molecule has 0 spiro atoms. The lowest BCUT2D eigenvalue weighted by Gasteiger charge is -2.19. The molecule has 1 amide bonds. The highest BCUT2D eigenvalue weighted by atomic mass is 32.1. The number of carbonyl (C=O) groups is 1. The normalized spacial score (nSPS) is 16.0. The smallest absolute Gasteiger partial charge is 0.229 e. The molecule has 1 aromatic carbocycles. The summed E-state index contributed by atoms with van der Waals surface area (Å²) in [6, 6.07) is 9.89. The maximum atomic E-state index is 12.1. The van der Waals surface area contributed by atoms with E-state index in [0.717, 1.165) is 36.3 Å². The van der Waals surface area contributed by atoms with E-state index in [0.29, 0.717) is 5.13 Å². The molecule has 0 bridgehead atoms. The molecule has 0 aliphatic heterocycles. The molecule has 1 aliphatic carbocycles. The van der Waals surface area contributed by atoms with Crippen LogP contribution < -0.4 is 5.32 Å². The maximum Gasteiger partial charge on any atom is 0.229 e. The summed E-state index contributed by atoms with van der Waals surface area (Å²) in [4.78, 5) is 12.1. The molecule has 0 saturated heterocycles. The summed E-state index contributed by atoms with van der Waals surface area (Å²) >= 11 is 1.42. The first kappa shape index (κ1) is 13.2. The van der Waals surface area contributed by atoms with Gasteiger partial charge >= 0.3 is 0 Å². The van der Waals surface area contributed by atoms with Gasteiger partial charge in [0.1, 0.15) is 5.01 Å². The lowest BCUT2D eigenvalue weighted by Crippen LogP contribution is -2.24. The Balaban J connectivity index is 1.66. The van der Waals surface area contributed by atoms with Gasteiger partial charge in [-0.05, 0) is 12.8 Å². The summed E-state index contributed by atoms with van der Waals surface area (Å²) in [5.41, 5.74) is 1.03. The molecule has 0 radical (unpaired) electrons. The second-order valence-corrected chi connectivity index (χ2v) is 6.08. The third-order valence-corrected chi connectivity index (χ3v) is 4.54. The minimum Gasteiger partial charge on any atom is -0.300 e. The fourth-order valence-corrected chi connectivity index (χ4v) is 3.30. The Kier molecular flexibility index (Phi) is 4.06. The average Bonchev–Trinajstić information content (AvgIpc) is 2.97. The van der Waals surface area contributed by atoms with Gasteiger partial charge in [-0.2, -0.15) is 0 Å². The highest BCUT2D eigenvalue weighted by molar-refractivity contribution is 7.18. The van der Waals surface area contributed by atoms with E-state index in [2.05, 4.69) is 15.5 Å². The van der Waals surface area contributed by atoms with Crippen LogP contribution in [0.3, 0.4) is 0 Å². The molecule has 1 N–H and O–H groups in total. The minimum atomic E-state index is 0.0976. The van der Waals surface area contributed by atoms with Gasteiger partial charge in [0.05, 0.1) is 0 Å². The number of hydrogen-bond acceptors (Lipinski definition) is 4. The van der Waals surface area contributed by atoms with Crippen LogP contribution >= 0.6 is 11.3 Å². The summed E-state index contributed by atoms with van der Waals surface area (Å²) in [7, 11) is 0. The van der Waals surface area contributed by atoms with Crippen LogP contribution in [0.25, 0.3) is 10.6 Å².